The van der Waals surface area contributed by atoms with Crippen LogP contribution >= 0.6 is 0 Å². The molecule has 1 unspecified atom stereocenters. The van der Waals surface area contributed by atoms with Crippen LogP contribution in [0.1, 0.15) is 37.9 Å². The standard InChI is InChI=1S/C18H25N5O/c24-18(10-15-4-1-2-5-15)22-12-16(13-23-8-3-6-20-23)11-21-9-7-19-17(21)14-22/h3,6-9,15-16H,1-2,4-5,10-14H2. The summed E-state index contributed by atoms with van der Waals surface area (Å²) >= 11 is 0. The molecule has 6 nitrogen and oxygen atoms in total. The predicted molar refractivity (Wildman–Crippen MR) is 89.9 cm³/mol. The lowest BCUT2D eigenvalue weighted by atomic mass is 10.0. The highest BCUT2D eigenvalue weighted by molar-refractivity contribution is 5.76. The summed E-state index contributed by atoms with van der Waals surface area (Å²) in [6, 6.07) is 1.95. The molecule has 24 heavy (non-hydrogen) atoms. The molecular weight excluding hydrogens is 302 g/mol. The maximum atomic E-state index is 12.9. The van der Waals surface area contributed by atoms with Gasteiger partial charge in [-0.15, -0.1) is 0 Å². The summed E-state index contributed by atoms with van der Waals surface area (Å²) < 4.78 is 4.16. The van der Waals surface area contributed by atoms with Gasteiger partial charge in [-0.05, 0) is 24.8 Å². The number of aromatic nitrogens is 4. The second kappa shape index (κ2) is 6.79. The zero-order valence-corrected chi connectivity index (χ0v) is 14.0. The Morgan fingerprint density at radius 3 is 2.79 bits per heavy atom. The molecule has 0 aromatic carbocycles. The van der Waals surface area contributed by atoms with Crippen LogP contribution in [0.15, 0.2) is 30.9 Å². The normalized spacial score (nSPS) is 21.7. The van der Waals surface area contributed by atoms with Crippen LogP contribution in [0.3, 0.4) is 0 Å². The zero-order chi connectivity index (χ0) is 16.4. The summed E-state index contributed by atoms with van der Waals surface area (Å²) in [6.07, 6.45) is 13.4. The number of imidazole rings is 1. The Morgan fingerprint density at radius 2 is 2.00 bits per heavy atom. The van der Waals surface area contributed by atoms with Crippen molar-refractivity contribution in [1.82, 2.24) is 24.2 Å². The van der Waals surface area contributed by atoms with Crippen molar-refractivity contribution in [2.75, 3.05) is 6.54 Å². The maximum absolute atomic E-state index is 12.9. The third-order valence-corrected chi connectivity index (χ3v) is 5.36. The minimum absolute atomic E-state index is 0.295. The summed E-state index contributed by atoms with van der Waals surface area (Å²) in [7, 11) is 0. The van der Waals surface area contributed by atoms with Gasteiger partial charge in [0.2, 0.25) is 5.91 Å². The number of rotatable bonds is 4. The SMILES string of the molecule is O=C(CC1CCCC1)N1Cc2nccn2CC(Cn2cccn2)C1. The molecule has 0 radical (unpaired) electrons. The zero-order valence-electron chi connectivity index (χ0n) is 14.0. The van der Waals surface area contributed by atoms with Crippen LogP contribution in [0.25, 0.3) is 0 Å². The second-order valence-electron chi connectivity index (χ2n) is 7.22. The summed E-state index contributed by atoms with van der Waals surface area (Å²) in [5.41, 5.74) is 0. The number of hydrogen-bond acceptors (Lipinski definition) is 3. The summed E-state index contributed by atoms with van der Waals surface area (Å²) in [6.45, 7) is 3.14. The van der Waals surface area contributed by atoms with E-state index in [4.69, 9.17) is 0 Å². The van der Waals surface area contributed by atoms with Crippen molar-refractivity contribution in [1.29, 1.82) is 0 Å². The minimum atomic E-state index is 0.295. The quantitative estimate of drug-likeness (QED) is 0.866. The minimum Gasteiger partial charge on any atom is -0.335 e. The molecular formula is C18H25N5O. The Labute approximate surface area is 142 Å². The molecule has 1 fully saturated rings. The molecule has 1 atom stereocenters. The van der Waals surface area contributed by atoms with Crippen LogP contribution in [0.2, 0.25) is 0 Å². The maximum Gasteiger partial charge on any atom is 0.223 e. The molecule has 1 aliphatic heterocycles. The van der Waals surface area contributed by atoms with Crippen LogP contribution in [0, 0.1) is 11.8 Å². The van der Waals surface area contributed by atoms with Crippen molar-refractivity contribution in [3.8, 4) is 0 Å². The van der Waals surface area contributed by atoms with E-state index >= 15 is 0 Å². The van der Waals surface area contributed by atoms with Crippen LogP contribution in [0.4, 0.5) is 0 Å². The van der Waals surface area contributed by atoms with Crippen molar-refractivity contribution < 1.29 is 4.79 Å². The fraction of sp³-hybridized carbons (Fsp3) is 0.611. The molecule has 2 aromatic rings. The van der Waals surface area contributed by atoms with Gasteiger partial charge in [0.15, 0.2) is 0 Å². The third kappa shape index (κ3) is 3.37. The van der Waals surface area contributed by atoms with Crippen molar-refractivity contribution >= 4 is 5.91 Å². The van der Waals surface area contributed by atoms with Crippen molar-refractivity contribution in [3.05, 3.63) is 36.7 Å². The first-order chi connectivity index (χ1) is 11.8. The molecule has 128 valence electrons. The molecule has 0 N–H and O–H groups in total. The number of hydrogen-bond donors (Lipinski definition) is 0. The van der Waals surface area contributed by atoms with Crippen molar-refractivity contribution in [2.24, 2.45) is 11.8 Å². The molecule has 1 aliphatic carbocycles. The Bertz CT molecular complexity index is 671. The van der Waals surface area contributed by atoms with Crippen molar-refractivity contribution in [2.45, 2.75) is 51.7 Å². The van der Waals surface area contributed by atoms with Gasteiger partial charge in [0.05, 0.1) is 6.54 Å². The van der Waals surface area contributed by atoms with Gasteiger partial charge in [0.25, 0.3) is 0 Å². The van der Waals surface area contributed by atoms with Gasteiger partial charge in [-0.2, -0.15) is 5.10 Å². The molecule has 0 saturated heterocycles. The fourth-order valence-electron chi connectivity index (χ4n) is 4.11. The molecule has 1 amide bonds. The van der Waals surface area contributed by atoms with Crippen LogP contribution in [0.5, 0.6) is 0 Å². The Kier molecular flexibility index (Phi) is 4.36. The lowest BCUT2D eigenvalue weighted by Crippen LogP contribution is -2.36. The highest BCUT2D eigenvalue weighted by atomic mass is 16.2. The van der Waals surface area contributed by atoms with E-state index < -0.39 is 0 Å². The topological polar surface area (TPSA) is 56.0 Å². The van der Waals surface area contributed by atoms with Crippen LogP contribution in [-0.2, 0) is 24.4 Å². The second-order valence-corrected chi connectivity index (χ2v) is 7.22. The lowest BCUT2D eigenvalue weighted by Gasteiger charge is -2.25. The predicted octanol–water partition coefficient (Wildman–Crippen LogP) is 2.32. The van der Waals surface area contributed by atoms with Gasteiger partial charge in [-0.25, -0.2) is 4.98 Å². The molecule has 3 heterocycles. The van der Waals surface area contributed by atoms with E-state index in [1.165, 1.54) is 25.7 Å². The summed E-state index contributed by atoms with van der Waals surface area (Å²) in [5.74, 6) is 2.24. The molecule has 0 bridgehead atoms. The van der Waals surface area contributed by atoms with E-state index in [9.17, 15) is 4.79 Å². The first-order valence-electron chi connectivity index (χ1n) is 9.03. The third-order valence-electron chi connectivity index (χ3n) is 5.36. The number of nitrogens with zero attached hydrogens (tertiary/aromatic N) is 5. The highest BCUT2D eigenvalue weighted by Crippen LogP contribution is 2.29. The van der Waals surface area contributed by atoms with Gasteiger partial charge in [-0.1, -0.05) is 12.8 Å². The first kappa shape index (κ1) is 15.4. The number of carbonyl (C=O) groups is 1. The smallest absolute Gasteiger partial charge is 0.223 e. The van der Waals surface area contributed by atoms with Crippen LogP contribution < -0.4 is 0 Å². The molecule has 6 heteroatoms. The molecule has 0 spiro atoms. The van der Waals surface area contributed by atoms with E-state index in [1.54, 1.807) is 0 Å². The molecule has 1 saturated carbocycles. The van der Waals surface area contributed by atoms with E-state index in [-0.39, 0.29) is 0 Å². The van der Waals surface area contributed by atoms with E-state index in [1.807, 2.05) is 40.4 Å². The number of carbonyl (C=O) groups excluding carboxylic acids is 1. The van der Waals surface area contributed by atoms with Crippen molar-refractivity contribution in [3.63, 3.8) is 0 Å². The summed E-state index contributed by atoms with van der Waals surface area (Å²) in [4.78, 5) is 19.3. The molecule has 4 rings (SSSR count). The van der Waals surface area contributed by atoms with E-state index in [2.05, 4.69) is 14.6 Å². The number of amides is 1. The highest BCUT2D eigenvalue weighted by Gasteiger charge is 2.28. The Morgan fingerprint density at radius 1 is 1.12 bits per heavy atom. The van der Waals surface area contributed by atoms with Crippen LogP contribution in [-0.4, -0.2) is 36.7 Å². The average Bonchev–Trinajstić information content (AvgIpc) is 3.30. The monoisotopic (exact) mass is 327 g/mol. The van der Waals surface area contributed by atoms with Gasteiger partial charge in [0.1, 0.15) is 5.82 Å². The largest absolute Gasteiger partial charge is 0.335 e. The first-order valence-corrected chi connectivity index (χ1v) is 9.03. The Hall–Kier alpha value is -2.11. The van der Waals surface area contributed by atoms with Gasteiger partial charge in [0, 0.05) is 56.8 Å². The lowest BCUT2D eigenvalue weighted by molar-refractivity contribution is -0.133. The molecule has 2 aromatic heterocycles. The fourth-order valence-corrected chi connectivity index (χ4v) is 4.11. The van der Waals surface area contributed by atoms with E-state index in [0.29, 0.717) is 30.7 Å². The van der Waals surface area contributed by atoms with Gasteiger partial charge >= 0.3 is 0 Å². The van der Waals surface area contributed by atoms with Gasteiger partial charge < -0.3 is 9.47 Å². The Balaban J connectivity index is 1.49. The van der Waals surface area contributed by atoms with Gasteiger partial charge in [-0.3, -0.25) is 9.48 Å². The average molecular weight is 327 g/mol. The number of fused-ring (bicyclic) bond motifs is 1. The summed E-state index contributed by atoms with van der Waals surface area (Å²) in [5, 5.41) is 4.33. The molecule has 2 aliphatic rings. The van der Waals surface area contributed by atoms with E-state index in [0.717, 1.165) is 25.5 Å².